The van der Waals surface area contributed by atoms with Crippen LogP contribution in [0.3, 0.4) is 0 Å². The minimum absolute atomic E-state index is 0.0918. The van der Waals surface area contributed by atoms with Gasteiger partial charge in [0.15, 0.2) is 0 Å². The average molecular weight is 516 g/mol. The van der Waals surface area contributed by atoms with E-state index < -0.39 is 6.04 Å². The Hall–Kier alpha value is -1.86. The van der Waals surface area contributed by atoms with Crippen molar-refractivity contribution >= 4 is 29.5 Å². The summed E-state index contributed by atoms with van der Waals surface area (Å²) in [6, 6.07) is 5.34. The molecule has 6 nitrogen and oxygen atoms in total. The van der Waals surface area contributed by atoms with Gasteiger partial charge in [-0.25, -0.2) is 0 Å². The molecule has 200 valence electrons. The molecule has 0 aliphatic carbocycles. The van der Waals surface area contributed by atoms with Gasteiger partial charge in [0.2, 0.25) is 11.8 Å². The molecule has 3 amide bonds. The number of nitrogens with zero attached hydrogens (tertiary/aromatic N) is 2. The Morgan fingerprint density at radius 3 is 2.19 bits per heavy atom. The molecule has 7 heteroatoms. The summed E-state index contributed by atoms with van der Waals surface area (Å²) < 4.78 is 0. The van der Waals surface area contributed by atoms with Crippen LogP contribution >= 0.6 is 11.8 Å². The number of carbonyl (C=O) groups is 3. The zero-order chi connectivity index (χ0) is 25.8. The standard InChI is InChI=1S/C29H45N3O3S/c1-3-31(4-2)20-13-11-9-7-5-6-8-10-12-14-21-36-26-17-15-16-23-24(26)22-32(29(23)35)25-18-19-27(33)30-28(25)34/h15-17,25H,3-14,18-22H2,1-2H3,(H,30,33,34). The van der Waals surface area contributed by atoms with Crippen molar-refractivity contribution in [3.8, 4) is 0 Å². The third-order valence-electron chi connectivity index (χ3n) is 7.56. The average Bonchev–Trinajstić information content (AvgIpc) is 3.21. The van der Waals surface area contributed by atoms with Crippen LogP contribution in [0.4, 0.5) is 0 Å². The number of hydrogen-bond acceptors (Lipinski definition) is 5. The number of piperidine rings is 1. The summed E-state index contributed by atoms with van der Waals surface area (Å²) in [5.41, 5.74) is 1.74. The summed E-state index contributed by atoms with van der Waals surface area (Å²) in [6.45, 7) is 8.55. The Morgan fingerprint density at radius 1 is 0.917 bits per heavy atom. The first-order valence-corrected chi connectivity index (χ1v) is 15.1. The molecule has 0 aromatic heterocycles. The van der Waals surface area contributed by atoms with E-state index in [4.69, 9.17) is 0 Å². The summed E-state index contributed by atoms with van der Waals surface area (Å²) in [4.78, 5) is 42.0. The highest BCUT2D eigenvalue weighted by molar-refractivity contribution is 7.99. The fraction of sp³-hybridized carbons (Fsp3) is 0.690. The van der Waals surface area contributed by atoms with Gasteiger partial charge in [-0.2, -0.15) is 0 Å². The number of benzene rings is 1. The Morgan fingerprint density at radius 2 is 1.56 bits per heavy atom. The number of thioether (sulfide) groups is 1. The number of imide groups is 1. The lowest BCUT2D eigenvalue weighted by atomic mass is 10.0. The summed E-state index contributed by atoms with van der Waals surface area (Å²) in [6.07, 6.45) is 14.0. The van der Waals surface area contributed by atoms with E-state index in [1.54, 1.807) is 4.90 Å². The second kappa shape index (κ2) is 15.4. The number of carbonyl (C=O) groups excluding carboxylic acids is 3. The summed E-state index contributed by atoms with van der Waals surface area (Å²) in [5, 5.41) is 2.37. The second-order valence-electron chi connectivity index (χ2n) is 10.1. The number of hydrogen-bond donors (Lipinski definition) is 1. The van der Waals surface area contributed by atoms with E-state index in [0.717, 1.165) is 16.2 Å². The molecule has 2 aliphatic rings. The predicted molar refractivity (Wildman–Crippen MR) is 147 cm³/mol. The van der Waals surface area contributed by atoms with Crippen LogP contribution in [-0.2, 0) is 16.1 Å². The number of fused-ring (bicyclic) bond motifs is 1. The van der Waals surface area contributed by atoms with Crippen LogP contribution in [0, 0.1) is 0 Å². The van der Waals surface area contributed by atoms with Gasteiger partial charge in [0.1, 0.15) is 6.04 Å². The first kappa shape index (κ1) is 28.7. The molecule has 2 aliphatic heterocycles. The fourth-order valence-electron chi connectivity index (χ4n) is 5.27. The molecule has 36 heavy (non-hydrogen) atoms. The van der Waals surface area contributed by atoms with Crippen molar-refractivity contribution in [3.05, 3.63) is 29.3 Å². The van der Waals surface area contributed by atoms with E-state index in [1.807, 2.05) is 23.9 Å². The van der Waals surface area contributed by atoms with Crippen LogP contribution < -0.4 is 5.32 Å². The summed E-state index contributed by atoms with van der Waals surface area (Å²) in [5.74, 6) is 0.357. The largest absolute Gasteiger partial charge is 0.322 e. The highest BCUT2D eigenvalue weighted by Gasteiger charge is 2.39. The number of rotatable bonds is 17. The number of nitrogens with one attached hydrogen (secondary N) is 1. The van der Waals surface area contributed by atoms with E-state index in [-0.39, 0.29) is 24.1 Å². The SMILES string of the molecule is CCN(CC)CCCCCCCCCCCCSc1cccc2c1CN(C1CCC(=O)NC1=O)C2=O. The molecule has 2 heterocycles. The van der Waals surface area contributed by atoms with Crippen molar-refractivity contribution < 1.29 is 14.4 Å². The number of amides is 3. The third kappa shape index (κ3) is 8.34. The van der Waals surface area contributed by atoms with Gasteiger partial charge in [-0.3, -0.25) is 19.7 Å². The maximum atomic E-state index is 13.0. The van der Waals surface area contributed by atoms with Gasteiger partial charge in [-0.1, -0.05) is 71.3 Å². The van der Waals surface area contributed by atoms with Crippen molar-refractivity contribution in [3.63, 3.8) is 0 Å². The third-order valence-corrected chi connectivity index (χ3v) is 8.75. The van der Waals surface area contributed by atoms with Gasteiger partial charge < -0.3 is 9.80 Å². The van der Waals surface area contributed by atoms with Crippen LogP contribution in [0.1, 0.15) is 107 Å². The van der Waals surface area contributed by atoms with Gasteiger partial charge in [0.25, 0.3) is 5.91 Å². The van der Waals surface area contributed by atoms with Crippen LogP contribution in [0.2, 0.25) is 0 Å². The monoisotopic (exact) mass is 515 g/mol. The van der Waals surface area contributed by atoms with Gasteiger partial charge in [-0.05, 0) is 62.3 Å². The second-order valence-corrected chi connectivity index (χ2v) is 11.2. The molecule has 1 saturated heterocycles. The highest BCUT2D eigenvalue weighted by Crippen LogP contribution is 2.34. The molecule has 1 atom stereocenters. The molecule has 0 saturated carbocycles. The Labute approximate surface area is 221 Å². The Bertz CT molecular complexity index is 871. The predicted octanol–water partition coefficient (Wildman–Crippen LogP) is 5.78. The smallest absolute Gasteiger partial charge is 0.255 e. The van der Waals surface area contributed by atoms with Crippen molar-refractivity contribution in [2.45, 2.75) is 108 Å². The van der Waals surface area contributed by atoms with E-state index in [2.05, 4.69) is 30.1 Å². The number of unbranched alkanes of at least 4 members (excludes halogenated alkanes) is 9. The molecular weight excluding hydrogens is 470 g/mol. The van der Waals surface area contributed by atoms with Gasteiger partial charge in [-0.15, -0.1) is 11.8 Å². The summed E-state index contributed by atoms with van der Waals surface area (Å²) >= 11 is 1.83. The molecule has 1 unspecified atom stereocenters. The van der Waals surface area contributed by atoms with Crippen LogP contribution in [0.5, 0.6) is 0 Å². The van der Waals surface area contributed by atoms with Crippen LogP contribution in [0.15, 0.2) is 23.1 Å². The first-order valence-electron chi connectivity index (χ1n) is 14.2. The molecule has 3 rings (SSSR count). The highest BCUT2D eigenvalue weighted by atomic mass is 32.2. The molecule has 1 aromatic carbocycles. The lowest BCUT2D eigenvalue weighted by Gasteiger charge is -2.29. The molecule has 1 N–H and O–H groups in total. The molecule has 1 aromatic rings. The Kier molecular flexibility index (Phi) is 12.3. The van der Waals surface area contributed by atoms with Crippen molar-refractivity contribution in [2.24, 2.45) is 0 Å². The zero-order valence-corrected chi connectivity index (χ0v) is 23.2. The normalized spacial score (nSPS) is 17.7. The van der Waals surface area contributed by atoms with E-state index in [9.17, 15) is 14.4 Å². The lowest BCUT2D eigenvalue weighted by Crippen LogP contribution is -2.52. The van der Waals surface area contributed by atoms with E-state index in [1.165, 1.54) is 83.8 Å². The fourth-order valence-corrected chi connectivity index (χ4v) is 6.36. The Balaban J connectivity index is 1.27. The summed E-state index contributed by atoms with van der Waals surface area (Å²) in [7, 11) is 0. The van der Waals surface area contributed by atoms with Gasteiger partial charge in [0, 0.05) is 23.4 Å². The van der Waals surface area contributed by atoms with Gasteiger partial charge >= 0.3 is 0 Å². The zero-order valence-electron chi connectivity index (χ0n) is 22.4. The quantitative estimate of drug-likeness (QED) is 0.162. The van der Waals surface area contributed by atoms with Crippen LogP contribution in [-0.4, -0.2) is 59.0 Å². The molecular formula is C29H45N3O3S. The van der Waals surface area contributed by atoms with Crippen LogP contribution in [0.25, 0.3) is 0 Å². The maximum absolute atomic E-state index is 13.0. The van der Waals surface area contributed by atoms with Crippen molar-refractivity contribution in [2.75, 3.05) is 25.4 Å². The first-order chi connectivity index (χ1) is 17.5. The topological polar surface area (TPSA) is 69.7 Å². The van der Waals surface area contributed by atoms with Crippen molar-refractivity contribution in [1.29, 1.82) is 0 Å². The lowest BCUT2D eigenvalue weighted by molar-refractivity contribution is -0.136. The van der Waals surface area contributed by atoms with E-state index in [0.29, 0.717) is 18.5 Å². The molecule has 0 bridgehead atoms. The molecule has 0 radical (unpaired) electrons. The van der Waals surface area contributed by atoms with E-state index >= 15 is 0 Å². The maximum Gasteiger partial charge on any atom is 0.255 e. The minimum Gasteiger partial charge on any atom is -0.322 e. The molecule has 0 spiro atoms. The molecule has 1 fully saturated rings. The van der Waals surface area contributed by atoms with Gasteiger partial charge in [0.05, 0.1) is 0 Å². The van der Waals surface area contributed by atoms with Crippen molar-refractivity contribution in [1.82, 2.24) is 15.1 Å². The minimum atomic E-state index is -0.548.